The van der Waals surface area contributed by atoms with Gasteiger partial charge in [-0.15, -0.1) is 0 Å². The van der Waals surface area contributed by atoms with Crippen LogP contribution in [0.3, 0.4) is 0 Å². The van der Waals surface area contributed by atoms with E-state index in [0.717, 1.165) is 79.0 Å². The van der Waals surface area contributed by atoms with Gasteiger partial charge in [-0.1, -0.05) is 46.3 Å². The van der Waals surface area contributed by atoms with Crippen LogP contribution in [0.15, 0.2) is 41.2 Å². The fourth-order valence-electron chi connectivity index (χ4n) is 7.23. The van der Waals surface area contributed by atoms with Gasteiger partial charge in [0, 0.05) is 58.9 Å². The second kappa shape index (κ2) is 11.2. The number of pyridine rings is 2. The van der Waals surface area contributed by atoms with Crippen molar-refractivity contribution in [3.63, 3.8) is 0 Å². The number of aliphatic hydroxyl groups excluding tert-OH is 1. The molecule has 1 aliphatic heterocycles. The van der Waals surface area contributed by atoms with Crippen molar-refractivity contribution in [2.45, 2.75) is 75.6 Å². The lowest BCUT2D eigenvalue weighted by Crippen LogP contribution is -2.51. The van der Waals surface area contributed by atoms with Crippen LogP contribution in [0.25, 0.3) is 22.0 Å². The highest BCUT2D eigenvalue weighted by molar-refractivity contribution is 6.38. The summed E-state index contributed by atoms with van der Waals surface area (Å²) in [6, 6.07) is 7.44. The number of fused-ring (bicyclic) bond motifs is 4. The number of halogens is 2. The summed E-state index contributed by atoms with van der Waals surface area (Å²) < 4.78 is 12.6. The number of aliphatic hydroxyl groups is 1. The van der Waals surface area contributed by atoms with Crippen LogP contribution >= 0.6 is 23.2 Å². The van der Waals surface area contributed by atoms with E-state index in [0.29, 0.717) is 52.7 Å². The molecular weight excluding hydrogens is 627 g/mol. The normalized spacial score (nSPS) is 24.1. The van der Waals surface area contributed by atoms with Crippen molar-refractivity contribution in [1.82, 2.24) is 15.1 Å². The Morgan fingerprint density at radius 3 is 2.43 bits per heavy atom. The molecule has 4 heterocycles. The van der Waals surface area contributed by atoms with Crippen LogP contribution in [0.4, 0.5) is 5.82 Å². The molecule has 4 aromatic rings. The number of carboxylic acids is 1. The molecule has 5 fully saturated rings. The molecule has 46 heavy (non-hydrogen) atoms. The number of aromatic nitrogens is 3. The first-order valence-electron chi connectivity index (χ1n) is 15.8. The third-order valence-electron chi connectivity index (χ3n) is 10.2. The van der Waals surface area contributed by atoms with Crippen LogP contribution in [0.1, 0.15) is 84.7 Å². The number of carboxylic acid groups (broad SMARTS) is 1. The van der Waals surface area contributed by atoms with Crippen molar-refractivity contribution >= 4 is 45.8 Å². The Hall–Kier alpha value is -3.68. The number of hydrogen-bond acceptors (Lipinski definition) is 8. The van der Waals surface area contributed by atoms with Crippen molar-refractivity contribution in [3.05, 3.63) is 69.3 Å². The number of benzene rings is 1. The van der Waals surface area contributed by atoms with Crippen molar-refractivity contribution in [2.75, 3.05) is 18.0 Å². The van der Waals surface area contributed by atoms with E-state index in [4.69, 9.17) is 32.5 Å². The average molecular weight is 660 g/mol. The molecule has 3 aromatic heterocycles. The summed E-state index contributed by atoms with van der Waals surface area (Å²) in [5.41, 5.74) is 2.79. The smallest absolute Gasteiger partial charge is 0.354 e. The SMILES string of the molecule is O=C(O)c1cc2ccc(C#CC34CCC(OCc5c(-c6c(Cl)cncc6Cl)noc5C5CC5)(CC3)CC4)cc2c(N2CC(O)C2)n1. The van der Waals surface area contributed by atoms with Gasteiger partial charge in [-0.25, -0.2) is 9.78 Å². The summed E-state index contributed by atoms with van der Waals surface area (Å²) >= 11 is 13.0. The van der Waals surface area contributed by atoms with Gasteiger partial charge in [0.2, 0.25) is 0 Å². The van der Waals surface area contributed by atoms with Gasteiger partial charge in [0.25, 0.3) is 0 Å². The molecule has 1 saturated heterocycles. The van der Waals surface area contributed by atoms with E-state index in [-0.39, 0.29) is 16.7 Å². The number of carbonyl (C=O) groups is 1. The zero-order chi connectivity index (χ0) is 31.6. The zero-order valence-corrected chi connectivity index (χ0v) is 26.6. The maximum atomic E-state index is 11.7. The van der Waals surface area contributed by atoms with Crippen LogP contribution < -0.4 is 4.90 Å². The summed E-state index contributed by atoms with van der Waals surface area (Å²) in [5, 5.41) is 26.3. The van der Waals surface area contributed by atoms with E-state index < -0.39 is 12.1 Å². The van der Waals surface area contributed by atoms with Crippen molar-refractivity contribution in [1.29, 1.82) is 0 Å². The Morgan fingerprint density at radius 1 is 1.07 bits per heavy atom. The van der Waals surface area contributed by atoms with Crippen molar-refractivity contribution in [2.24, 2.45) is 5.41 Å². The van der Waals surface area contributed by atoms with Gasteiger partial charge in [-0.2, -0.15) is 0 Å². The molecule has 5 aliphatic rings. The minimum atomic E-state index is -1.07. The molecule has 0 spiro atoms. The maximum Gasteiger partial charge on any atom is 0.354 e. The van der Waals surface area contributed by atoms with Crippen LogP contribution in [-0.2, 0) is 11.3 Å². The lowest BCUT2D eigenvalue weighted by Gasteiger charge is -2.51. The first-order chi connectivity index (χ1) is 22.2. The van der Waals surface area contributed by atoms with Gasteiger partial charge < -0.3 is 24.4 Å². The number of anilines is 1. The predicted molar refractivity (Wildman–Crippen MR) is 173 cm³/mol. The second-order valence-electron chi connectivity index (χ2n) is 13.3. The van der Waals surface area contributed by atoms with Gasteiger partial charge in [-0.3, -0.25) is 4.98 Å². The molecule has 1 aromatic carbocycles. The molecule has 2 N–H and O–H groups in total. The minimum Gasteiger partial charge on any atom is -0.477 e. The molecule has 0 unspecified atom stereocenters. The Labute approximate surface area is 275 Å². The number of β-amino-alcohol motifs (C(OH)–C–C–N with tert-alkyl or cyclic N) is 1. The predicted octanol–water partition coefficient (Wildman–Crippen LogP) is 7.01. The van der Waals surface area contributed by atoms with Gasteiger partial charge in [0.15, 0.2) is 5.69 Å². The fraction of sp³-hybridized carbons (Fsp3) is 0.429. The lowest BCUT2D eigenvalue weighted by atomic mass is 9.59. The van der Waals surface area contributed by atoms with E-state index in [2.05, 4.69) is 27.0 Å². The molecule has 0 radical (unpaired) electrons. The molecule has 11 heteroatoms. The van der Waals surface area contributed by atoms with E-state index in [1.807, 2.05) is 23.1 Å². The van der Waals surface area contributed by atoms with E-state index in [1.54, 1.807) is 18.5 Å². The highest BCUT2D eigenvalue weighted by atomic mass is 35.5. The topological polar surface area (TPSA) is 122 Å². The summed E-state index contributed by atoms with van der Waals surface area (Å²) in [6.07, 6.45) is 10.5. The Morgan fingerprint density at radius 2 is 1.78 bits per heavy atom. The summed E-state index contributed by atoms with van der Waals surface area (Å²) in [7, 11) is 0. The van der Waals surface area contributed by atoms with E-state index in [1.165, 1.54) is 0 Å². The molecule has 9 rings (SSSR count). The molecule has 4 saturated carbocycles. The molecule has 9 nitrogen and oxygen atoms in total. The first-order valence-corrected chi connectivity index (χ1v) is 16.5. The van der Waals surface area contributed by atoms with Gasteiger partial charge in [0.05, 0.1) is 28.4 Å². The fourth-order valence-corrected chi connectivity index (χ4v) is 7.78. The Kier molecular flexibility index (Phi) is 7.26. The van der Waals surface area contributed by atoms with Gasteiger partial charge >= 0.3 is 5.97 Å². The molecular formula is C35H32Cl2N4O5. The highest BCUT2D eigenvalue weighted by Crippen LogP contribution is 2.54. The second-order valence-corrected chi connectivity index (χ2v) is 14.1. The van der Waals surface area contributed by atoms with Crippen LogP contribution in [0, 0.1) is 17.3 Å². The van der Waals surface area contributed by atoms with Crippen molar-refractivity contribution in [3.8, 4) is 23.1 Å². The van der Waals surface area contributed by atoms with Crippen LogP contribution in [0.2, 0.25) is 10.0 Å². The quantitative estimate of drug-likeness (QED) is 0.202. The largest absolute Gasteiger partial charge is 0.477 e. The molecule has 4 aliphatic carbocycles. The minimum absolute atomic E-state index is 0.00860. The number of hydrogen-bond donors (Lipinski definition) is 2. The first kappa shape index (κ1) is 29.7. The number of rotatable bonds is 7. The van der Waals surface area contributed by atoms with E-state index >= 15 is 0 Å². The highest BCUT2D eigenvalue weighted by Gasteiger charge is 2.49. The third-order valence-corrected chi connectivity index (χ3v) is 10.8. The number of ether oxygens (including phenoxy) is 1. The Bertz CT molecular complexity index is 1890. The Balaban J connectivity index is 0.999. The van der Waals surface area contributed by atoms with Gasteiger partial charge in [0.1, 0.15) is 17.3 Å². The lowest BCUT2D eigenvalue weighted by molar-refractivity contribution is -0.131. The summed E-state index contributed by atoms with van der Waals surface area (Å²) in [4.78, 5) is 22.1. The van der Waals surface area contributed by atoms with Crippen LogP contribution in [-0.4, -0.2) is 56.1 Å². The van der Waals surface area contributed by atoms with E-state index in [9.17, 15) is 15.0 Å². The van der Waals surface area contributed by atoms with Crippen LogP contribution in [0.5, 0.6) is 0 Å². The number of nitrogens with zero attached hydrogens (tertiary/aromatic N) is 4. The number of aromatic carboxylic acids is 1. The molecule has 2 bridgehead atoms. The zero-order valence-electron chi connectivity index (χ0n) is 25.1. The standard InChI is InChI=1S/C35H32Cl2N4O5/c36-26-15-38-16-27(37)29(26)30-25(31(46-40-30)21-3-4-21)19-45-35-10-7-34(8-11-35,9-12-35)6-5-20-1-2-22-14-28(33(43)44)39-32(24(22)13-20)41-17-23(42)18-41/h1-2,13-16,21,23,42H,3-4,7-12,17-19H2,(H,43,44). The average Bonchev–Trinajstić information content (AvgIpc) is 3.81. The monoisotopic (exact) mass is 658 g/mol. The maximum absolute atomic E-state index is 11.7. The third kappa shape index (κ3) is 5.31. The van der Waals surface area contributed by atoms with Crippen molar-refractivity contribution < 1.29 is 24.3 Å². The molecule has 0 atom stereocenters. The molecule has 236 valence electrons. The molecule has 0 amide bonds. The summed E-state index contributed by atoms with van der Waals surface area (Å²) in [5.74, 6) is 7.83. The van der Waals surface area contributed by atoms with Gasteiger partial charge in [-0.05, 0) is 75.0 Å². The summed E-state index contributed by atoms with van der Waals surface area (Å²) in [6.45, 7) is 1.25.